The lowest BCUT2D eigenvalue weighted by Gasteiger charge is -2.36. The first kappa shape index (κ1) is 21.7. The van der Waals surface area contributed by atoms with E-state index in [9.17, 15) is 14.4 Å². The van der Waals surface area contributed by atoms with Crippen molar-refractivity contribution in [1.29, 1.82) is 0 Å². The molecule has 2 saturated heterocycles. The SMILES string of the molecule is O=C1CC(C(=O)N2CCN(C(=O)c3cc(Cl)cc(Cl)c3)CC2)CN1Cc1ccccc1. The topological polar surface area (TPSA) is 60.9 Å². The largest absolute Gasteiger partial charge is 0.339 e. The van der Waals surface area contributed by atoms with Crippen molar-refractivity contribution in [3.8, 4) is 0 Å². The van der Waals surface area contributed by atoms with Gasteiger partial charge in [0.2, 0.25) is 11.8 Å². The van der Waals surface area contributed by atoms with E-state index in [1.165, 1.54) is 0 Å². The van der Waals surface area contributed by atoms with Crippen LogP contribution in [0.25, 0.3) is 0 Å². The Hall–Kier alpha value is -2.57. The van der Waals surface area contributed by atoms with E-state index in [0.717, 1.165) is 5.56 Å². The Balaban J connectivity index is 1.32. The maximum absolute atomic E-state index is 13.0. The Bertz CT molecular complexity index is 971. The molecule has 4 rings (SSSR count). The van der Waals surface area contributed by atoms with Gasteiger partial charge in [-0.25, -0.2) is 0 Å². The first-order chi connectivity index (χ1) is 14.9. The number of piperazine rings is 1. The highest BCUT2D eigenvalue weighted by atomic mass is 35.5. The van der Waals surface area contributed by atoms with Gasteiger partial charge >= 0.3 is 0 Å². The van der Waals surface area contributed by atoms with Crippen LogP contribution in [0.2, 0.25) is 10.0 Å². The second-order valence-electron chi connectivity index (χ2n) is 7.94. The zero-order valence-electron chi connectivity index (χ0n) is 17.0. The molecule has 0 aliphatic carbocycles. The van der Waals surface area contributed by atoms with E-state index >= 15 is 0 Å². The highest BCUT2D eigenvalue weighted by Crippen LogP contribution is 2.24. The zero-order valence-corrected chi connectivity index (χ0v) is 18.5. The van der Waals surface area contributed by atoms with Crippen molar-refractivity contribution in [3.63, 3.8) is 0 Å². The van der Waals surface area contributed by atoms with Gasteiger partial charge in [-0.3, -0.25) is 14.4 Å². The number of halogens is 2. The summed E-state index contributed by atoms with van der Waals surface area (Å²) in [5.74, 6) is -0.484. The Morgan fingerprint density at radius 1 is 0.903 bits per heavy atom. The van der Waals surface area contributed by atoms with Crippen LogP contribution in [0.4, 0.5) is 0 Å². The summed E-state index contributed by atoms with van der Waals surface area (Å²) in [6.45, 7) is 2.72. The van der Waals surface area contributed by atoms with Crippen LogP contribution in [0.1, 0.15) is 22.3 Å². The molecular formula is C23H23Cl2N3O3. The molecule has 6 nitrogen and oxygen atoms in total. The van der Waals surface area contributed by atoms with Crippen LogP contribution in [-0.4, -0.2) is 65.1 Å². The first-order valence-electron chi connectivity index (χ1n) is 10.3. The summed E-state index contributed by atoms with van der Waals surface area (Å²) in [5, 5.41) is 0.825. The number of benzene rings is 2. The summed E-state index contributed by atoms with van der Waals surface area (Å²) in [7, 11) is 0. The van der Waals surface area contributed by atoms with E-state index in [1.54, 1.807) is 32.9 Å². The summed E-state index contributed by atoms with van der Waals surface area (Å²) < 4.78 is 0. The van der Waals surface area contributed by atoms with Crippen LogP contribution in [0.15, 0.2) is 48.5 Å². The molecule has 0 N–H and O–H groups in total. The molecule has 162 valence electrons. The molecule has 2 aromatic carbocycles. The molecule has 1 unspecified atom stereocenters. The van der Waals surface area contributed by atoms with E-state index in [2.05, 4.69) is 0 Å². The third kappa shape index (κ3) is 5.02. The molecule has 0 saturated carbocycles. The Morgan fingerprint density at radius 2 is 1.52 bits per heavy atom. The van der Waals surface area contributed by atoms with Gasteiger partial charge in [-0.15, -0.1) is 0 Å². The van der Waals surface area contributed by atoms with Gasteiger partial charge in [0, 0.05) is 61.3 Å². The van der Waals surface area contributed by atoms with E-state index < -0.39 is 0 Å². The standard InChI is InChI=1S/C23H23Cl2N3O3/c24-19-10-17(11-20(25)13-19)22(30)26-6-8-27(9-7-26)23(31)18-12-21(29)28(15-18)14-16-4-2-1-3-5-16/h1-5,10-11,13,18H,6-9,12,14-15H2. The van der Waals surface area contributed by atoms with E-state index in [-0.39, 0.29) is 30.1 Å². The number of carbonyl (C=O) groups excluding carboxylic acids is 3. The average molecular weight is 460 g/mol. The van der Waals surface area contributed by atoms with Crippen molar-refractivity contribution in [2.24, 2.45) is 5.92 Å². The minimum Gasteiger partial charge on any atom is -0.339 e. The molecule has 2 aromatic rings. The summed E-state index contributed by atoms with van der Waals surface area (Å²) >= 11 is 12.0. The third-order valence-electron chi connectivity index (χ3n) is 5.77. The molecule has 0 spiro atoms. The third-order valence-corrected chi connectivity index (χ3v) is 6.20. The minimum absolute atomic E-state index is 0.00820. The number of likely N-dealkylation sites (tertiary alicyclic amines) is 1. The van der Waals surface area contributed by atoms with Crippen molar-refractivity contribution < 1.29 is 14.4 Å². The van der Waals surface area contributed by atoms with Gasteiger partial charge < -0.3 is 14.7 Å². The van der Waals surface area contributed by atoms with E-state index in [4.69, 9.17) is 23.2 Å². The minimum atomic E-state index is -0.329. The quantitative estimate of drug-likeness (QED) is 0.704. The van der Waals surface area contributed by atoms with Crippen LogP contribution >= 0.6 is 23.2 Å². The fourth-order valence-corrected chi connectivity index (χ4v) is 4.67. The van der Waals surface area contributed by atoms with Crippen LogP contribution in [-0.2, 0) is 16.1 Å². The highest BCUT2D eigenvalue weighted by molar-refractivity contribution is 6.35. The smallest absolute Gasteiger partial charge is 0.254 e. The van der Waals surface area contributed by atoms with Crippen LogP contribution < -0.4 is 0 Å². The molecule has 8 heteroatoms. The predicted molar refractivity (Wildman–Crippen MR) is 119 cm³/mol. The Labute approximate surface area is 191 Å². The molecule has 3 amide bonds. The Morgan fingerprint density at radius 3 is 2.16 bits per heavy atom. The molecule has 2 heterocycles. The van der Waals surface area contributed by atoms with Crippen molar-refractivity contribution in [2.45, 2.75) is 13.0 Å². The Kier molecular flexibility index (Phi) is 6.49. The van der Waals surface area contributed by atoms with Gasteiger partial charge in [0.1, 0.15) is 0 Å². The lowest BCUT2D eigenvalue weighted by Crippen LogP contribution is -2.52. The van der Waals surface area contributed by atoms with Crippen molar-refractivity contribution in [2.75, 3.05) is 32.7 Å². The van der Waals surface area contributed by atoms with Crippen molar-refractivity contribution in [3.05, 3.63) is 69.7 Å². The molecule has 0 radical (unpaired) electrons. The molecule has 2 aliphatic heterocycles. The lowest BCUT2D eigenvalue weighted by atomic mass is 10.1. The van der Waals surface area contributed by atoms with Crippen LogP contribution in [0.5, 0.6) is 0 Å². The first-order valence-corrected chi connectivity index (χ1v) is 11.0. The predicted octanol–water partition coefficient (Wildman–Crippen LogP) is 3.33. The maximum Gasteiger partial charge on any atom is 0.254 e. The molecule has 31 heavy (non-hydrogen) atoms. The number of nitrogens with zero attached hydrogens (tertiary/aromatic N) is 3. The van der Waals surface area contributed by atoms with Gasteiger partial charge in [0.25, 0.3) is 5.91 Å². The maximum atomic E-state index is 13.0. The molecule has 1 atom stereocenters. The summed E-state index contributed by atoms with van der Waals surface area (Å²) in [4.78, 5) is 43.4. The number of rotatable bonds is 4. The molecule has 2 aliphatic rings. The highest BCUT2D eigenvalue weighted by Gasteiger charge is 2.37. The van der Waals surface area contributed by atoms with Gasteiger partial charge in [-0.2, -0.15) is 0 Å². The number of hydrogen-bond donors (Lipinski definition) is 0. The van der Waals surface area contributed by atoms with Crippen LogP contribution in [0.3, 0.4) is 0 Å². The second-order valence-corrected chi connectivity index (χ2v) is 8.81. The second kappa shape index (κ2) is 9.28. The summed E-state index contributed by atoms with van der Waals surface area (Å²) in [6, 6.07) is 14.6. The van der Waals surface area contributed by atoms with Gasteiger partial charge in [-0.05, 0) is 23.8 Å². The lowest BCUT2D eigenvalue weighted by molar-refractivity contribution is -0.137. The average Bonchev–Trinajstić information content (AvgIpc) is 3.13. The monoisotopic (exact) mass is 459 g/mol. The van der Waals surface area contributed by atoms with Crippen molar-refractivity contribution >= 4 is 40.9 Å². The van der Waals surface area contributed by atoms with Crippen LogP contribution in [0, 0.1) is 5.92 Å². The molecule has 0 aromatic heterocycles. The van der Waals surface area contributed by atoms with Crippen molar-refractivity contribution in [1.82, 2.24) is 14.7 Å². The summed E-state index contributed by atoms with van der Waals surface area (Å²) in [5.41, 5.74) is 1.49. The van der Waals surface area contributed by atoms with E-state index in [1.807, 2.05) is 30.3 Å². The van der Waals surface area contributed by atoms with Gasteiger partial charge in [0.05, 0.1) is 5.92 Å². The molecule has 0 bridgehead atoms. The zero-order chi connectivity index (χ0) is 22.0. The van der Waals surface area contributed by atoms with Gasteiger partial charge in [0.15, 0.2) is 0 Å². The number of carbonyl (C=O) groups is 3. The number of amides is 3. The normalized spacial score (nSPS) is 19.1. The number of hydrogen-bond acceptors (Lipinski definition) is 3. The fourth-order valence-electron chi connectivity index (χ4n) is 4.14. The van der Waals surface area contributed by atoms with Gasteiger partial charge in [-0.1, -0.05) is 53.5 Å². The molecular weight excluding hydrogens is 437 g/mol. The van der Waals surface area contributed by atoms with E-state index in [0.29, 0.717) is 54.9 Å². The fraction of sp³-hybridized carbons (Fsp3) is 0.348. The molecule has 2 fully saturated rings. The summed E-state index contributed by atoms with van der Waals surface area (Å²) in [6.07, 6.45) is 0.242.